The van der Waals surface area contributed by atoms with Gasteiger partial charge < -0.3 is 24.4 Å². The molecule has 1 saturated heterocycles. The number of piperazine rings is 1. The Balaban J connectivity index is 1.47. The number of aromatic nitrogens is 1. The van der Waals surface area contributed by atoms with E-state index in [1.54, 1.807) is 14.2 Å². The highest BCUT2D eigenvalue weighted by Crippen LogP contribution is 2.32. The lowest BCUT2D eigenvalue weighted by atomic mass is 9.96. The van der Waals surface area contributed by atoms with Gasteiger partial charge in [-0.25, -0.2) is 4.39 Å². The number of pyridine rings is 1. The molecule has 0 bridgehead atoms. The summed E-state index contributed by atoms with van der Waals surface area (Å²) in [6.45, 7) is 2.72. The van der Waals surface area contributed by atoms with Crippen LogP contribution < -0.4 is 19.7 Å². The minimum atomic E-state index is -0.252. The fourth-order valence-electron chi connectivity index (χ4n) is 4.79. The summed E-state index contributed by atoms with van der Waals surface area (Å²) >= 11 is 0. The Labute approximate surface area is 210 Å². The minimum Gasteiger partial charge on any atom is -0.497 e. The summed E-state index contributed by atoms with van der Waals surface area (Å²) in [6, 6.07) is 22.6. The van der Waals surface area contributed by atoms with Crippen molar-refractivity contribution in [3.63, 3.8) is 0 Å². The van der Waals surface area contributed by atoms with E-state index in [0.29, 0.717) is 13.2 Å². The van der Waals surface area contributed by atoms with Gasteiger partial charge >= 0.3 is 0 Å². The van der Waals surface area contributed by atoms with E-state index in [4.69, 9.17) is 14.2 Å². The largest absolute Gasteiger partial charge is 0.497 e. The van der Waals surface area contributed by atoms with E-state index in [-0.39, 0.29) is 18.0 Å². The zero-order valence-electron chi connectivity index (χ0n) is 20.5. The highest BCUT2D eigenvalue weighted by molar-refractivity contribution is 5.82. The van der Waals surface area contributed by atoms with Gasteiger partial charge in [-0.15, -0.1) is 0 Å². The first kappa shape index (κ1) is 24.0. The van der Waals surface area contributed by atoms with Gasteiger partial charge in [0.25, 0.3) is 0 Å². The lowest BCUT2D eigenvalue weighted by Crippen LogP contribution is -2.53. The molecule has 1 fully saturated rings. The number of rotatable bonds is 8. The summed E-state index contributed by atoms with van der Waals surface area (Å²) in [4.78, 5) is 6.82. The zero-order valence-corrected chi connectivity index (χ0v) is 20.5. The maximum Gasteiger partial charge on any atom is 0.123 e. The van der Waals surface area contributed by atoms with E-state index < -0.39 is 0 Å². The molecule has 0 aliphatic carbocycles. The predicted molar refractivity (Wildman–Crippen MR) is 139 cm³/mol. The van der Waals surface area contributed by atoms with Crippen LogP contribution in [-0.2, 0) is 11.3 Å². The van der Waals surface area contributed by atoms with Crippen LogP contribution in [0.2, 0.25) is 0 Å². The van der Waals surface area contributed by atoms with Crippen molar-refractivity contribution < 1.29 is 18.6 Å². The second kappa shape index (κ2) is 10.9. The molecule has 1 aliphatic rings. The SMILES string of the molecule is COc1cc(COC(c2ccnc3ccccc23)C2CN(c3ccc(F)cc3)CCN2)cc(OC)c1. The van der Waals surface area contributed by atoms with Gasteiger partial charge in [0.2, 0.25) is 0 Å². The summed E-state index contributed by atoms with van der Waals surface area (Å²) in [7, 11) is 3.28. The molecular weight excluding hydrogens is 457 g/mol. The molecule has 7 heteroatoms. The van der Waals surface area contributed by atoms with Crippen molar-refractivity contribution in [1.29, 1.82) is 0 Å². The highest BCUT2D eigenvalue weighted by atomic mass is 19.1. The molecule has 1 aliphatic heterocycles. The summed E-state index contributed by atoms with van der Waals surface area (Å²) in [5.41, 5.74) is 3.96. The topological polar surface area (TPSA) is 55.9 Å². The minimum absolute atomic E-state index is 0.00196. The van der Waals surface area contributed by atoms with Crippen molar-refractivity contribution in [1.82, 2.24) is 10.3 Å². The number of hydrogen-bond donors (Lipinski definition) is 1. The molecule has 1 aromatic heterocycles. The molecule has 4 aromatic rings. The van der Waals surface area contributed by atoms with E-state index in [9.17, 15) is 4.39 Å². The Morgan fingerprint density at radius 3 is 2.50 bits per heavy atom. The normalized spacial score (nSPS) is 16.6. The summed E-state index contributed by atoms with van der Waals surface area (Å²) in [5, 5.41) is 4.73. The van der Waals surface area contributed by atoms with Gasteiger partial charge in [0.05, 0.1) is 32.4 Å². The van der Waals surface area contributed by atoms with Gasteiger partial charge in [0.15, 0.2) is 0 Å². The lowest BCUT2D eigenvalue weighted by molar-refractivity contribution is 0.0130. The number of para-hydroxylation sites is 1. The molecule has 1 N–H and O–H groups in total. The van der Waals surface area contributed by atoms with Gasteiger partial charge in [-0.1, -0.05) is 18.2 Å². The van der Waals surface area contributed by atoms with Crippen molar-refractivity contribution in [2.45, 2.75) is 18.8 Å². The number of hydrogen-bond acceptors (Lipinski definition) is 6. The van der Waals surface area contributed by atoms with Gasteiger partial charge in [-0.3, -0.25) is 4.98 Å². The first-order valence-electron chi connectivity index (χ1n) is 12.1. The molecule has 6 nitrogen and oxygen atoms in total. The summed E-state index contributed by atoms with van der Waals surface area (Å²) in [6.07, 6.45) is 1.58. The van der Waals surface area contributed by atoms with Crippen LogP contribution in [0.5, 0.6) is 11.5 Å². The number of anilines is 1. The molecule has 2 unspecified atom stereocenters. The van der Waals surface area contributed by atoms with Crippen LogP contribution in [0.25, 0.3) is 10.9 Å². The fraction of sp³-hybridized carbons (Fsp3) is 0.276. The van der Waals surface area contributed by atoms with Crippen LogP contribution in [0.15, 0.2) is 79.0 Å². The molecule has 0 saturated carbocycles. The molecule has 2 heterocycles. The van der Waals surface area contributed by atoms with Crippen LogP contribution in [0.1, 0.15) is 17.2 Å². The Morgan fingerprint density at radius 1 is 1.00 bits per heavy atom. The van der Waals surface area contributed by atoms with Crippen molar-refractivity contribution in [3.8, 4) is 11.5 Å². The van der Waals surface area contributed by atoms with Gasteiger partial charge in [0.1, 0.15) is 23.4 Å². The van der Waals surface area contributed by atoms with Crippen molar-refractivity contribution in [3.05, 3.63) is 95.9 Å². The fourth-order valence-corrected chi connectivity index (χ4v) is 4.79. The van der Waals surface area contributed by atoms with E-state index in [1.165, 1.54) is 12.1 Å². The Bertz CT molecular complexity index is 1290. The van der Waals surface area contributed by atoms with Crippen LogP contribution in [0.3, 0.4) is 0 Å². The highest BCUT2D eigenvalue weighted by Gasteiger charge is 2.30. The molecular formula is C29H30FN3O3. The van der Waals surface area contributed by atoms with Gasteiger partial charge in [-0.2, -0.15) is 0 Å². The Hall–Kier alpha value is -3.68. The molecule has 0 amide bonds. The third kappa shape index (κ3) is 5.27. The average molecular weight is 488 g/mol. The quantitative estimate of drug-likeness (QED) is 0.372. The number of methoxy groups -OCH3 is 2. The Kier molecular flexibility index (Phi) is 7.30. The lowest BCUT2D eigenvalue weighted by Gasteiger charge is -2.39. The first-order valence-corrected chi connectivity index (χ1v) is 12.1. The van der Waals surface area contributed by atoms with Gasteiger partial charge in [-0.05, 0) is 59.7 Å². The number of nitrogens with one attached hydrogen (secondary N) is 1. The van der Waals surface area contributed by atoms with E-state index in [0.717, 1.165) is 52.3 Å². The van der Waals surface area contributed by atoms with Crippen molar-refractivity contribution >= 4 is 16.6 Å². The third-order valence-electron chi connectivity index (χ3n) is 6.59. The van der Waals surface area contributed by atoms with Gasteiger partial charge in [0, 0.05) is 43.0 Å². The average Bonchev–Trinajstić information content (AvgIpc) is 2.93. The smallest absolute Gasteiger partial charge is 0.123 e. The number of benzene rings is 3. The monoisotopic (exact) mass is 487 g/mol. The third-order valence-corrected chi connectivity index (χ3v) is 6.59. The number of fused-ring (bicyclic) bond motifs is 1. The number of ether oxygens (including phenoxy) is 3. The van der Waals surface area contributed by atoms with Crippen LogP contribution in [0.4, 0.5) is 10.1 Å². The molecule has 2 atom stereocenters. The van der Waals surface area contributed by atoms with Crippen molar-refractivity contribution in [2.75, 3.05) is 38.8 Å². The summed E-state index contributed by atoms with van der Waals surface area (Å²) < 4.78 is 31.1. The zero-order chi connectivity index (χ0) is 24.9. The maximum absolute atomic E-state index is 13.5. The molecule has 186 valence electrons. The second-order valence-corrected chi connectivity index (χ2v) is 8.85. The first-order chi connectivity index (χ1) is 17.6. The maximum atomic E-state index is 13.5. The van der Waals surface area contributed by atoms with Crippen LogP contribution >= 0.6 is 0 Å². The second-order valence-electron chi connectivity index (χ2n) is 8.85. The van der Waals surface area contributed by atoms with Crippen LogP contribution in [0, 0.1) is 5.82 Å². The molecule has 0 radical (unpaired) electrons. The van der Waals surface area contributed by atoms with E-state index >= 15 is 0 Å². The Morgan fingerprint density at radius 2 is 1.75 bits per heavy atom. The number of nitrogens with zero attached hydrogens (tertiary/aromatic N) is 2. The standard InChI is InChI=1S/C29H30FN3O3/c1-34-23-15-20(16-24(17-23)35-2)19-36-29(26-11-12-31-27-6-4-3-5-25(26)27)28-18-33(14-13-32-28)22-9-7-21(30)8-10-22/h3-12,15-17,28-29,32H,13-14,18-19H2,1-2H3. The van der Waals surface area contributed by atoms with E-state index in [1.807, 2.05) is 60.8 Å². The van der Waals surface area contributed by atoms with Crippen LogP contribution in [-0.4, -0.2) is 44.9 Å². The van der Waals surface area contributed by atoms with E-state index in [2.05, 4.69) is 21.3 Å². The molecule has 3 aromatic carbocycles. The molecule has 0 spiro atoms. The summed E-state index contributed by atoms with van der Waals surface area (Å²) in [5.74, 6) is 1.21. The molecule has 36 heavy (non-hydrogen) atoms. The predicted octanol–water partition coefficient (Wildman–Crippen LogP) is 5.13. The van der Waals surface area contributed by atoms with Crippen molar-refractivity contribution in [2.24, 2.45) is 0 Å². The molecule has 5 rings (SSSR count). The number of halogens is 1.